The van der Waals surface area contributed by atoms with Crippen molar-refractivity contribution in [3.63, 3.8) is 0 Å². The van der Waals surface area contributed by atoms with E-state index in [2.05, 4.69) is 10.3 Å². The monoisotopic (exact) mass is 438 g/mol. The van der Waals surface area contributed by atoms with Crippen LogP contribution in [0.2, 0.25) is 5.02 Å². The predicted molar refractivity (Wildman–Crippen MR) is 122 cm³/mol. The van der Waals surface area contributed by atoms with Crippen LogP contribution in [0.15, 0.2) is 67.0 Å². The molecule has 160 valence electrons. The molecular weight excluding hydrogens is 416 g/mol. The molecule has 0 aliphatic heterocycles. The van der Waals surface area contributed by atoms with E-state index in [1.165, 1.54) is 13.2 Å². The first-order valence-electron chi connectivity index (χ1n) is 9.70. The van der Waals surface area contributed by atoms with E-state index in [1.807, 2.05) is 31.2 Å². The van der Waals surface area contributed by atoms with Gasteiger partial charge in [0.25, 0.3) is 0 Å². The Morgan fingerprint density at radius 1 is 1.16 bits per heavy atom. The maximum atomic E-state index is 12.4. The van der Waals surface area contributed by atoms with Crippen LogP contribution >= 0.6 is 11.6 Å². The van der Waals surface area contributed by atoms with Crippen molar-refractivity contribution in [3.8, 4) is 17.2 Å². The number of hydrogen-bond acceptors (Lipinski definition) is 5. The van der Waals surface area contributed by atoms with Crippen LogP contribution in [0.25, 0.3) is 6.08 Å². The van der Waals surface area contributed by atoms with Crippen molar-refractivity contribution in [2.75, 3.05) is 19.0 Å². The van der Waals surface area contributed by atoms with Crippen LogP contribution in [0.3, 0.4) is 0 Å². The number of carbonyl (C=O) groups is 1. The number of anilines is 1. The van der Waals surface area contributed by atoms with Crippen molar-refractivity contribution >= 4 is 29.3 Å². The zero-order valence-electron chi connectivity index (χ0n) is 17.3. The van der Waals surface area contributed by atoms with Gasteiger partial charge in [0.1, 0.15) is 12.4 Å². The topological polar surface area (TPSA) is 69.7 Å². The number of methoxy groups -OCH3 is 1. The van der Waals surface area contributed by atoms with Crippen molar-refractivity contribution in [3.05, 3.63) is 83.2 Å². The Bertz CT molecular complexity index is 1050. The van der Waals surface area contributed by atoms with Gasteiger partial charge in [0.2, 0.25) is 5.91 Å². The lowest BCUT2D eigenvalue weighted by molar-refractivity contribution is -0.111. The molecule has 0 atom stereocenters. The highest BCUT2D eigenvalue weighted by Gasteiger charge is 2.10. The summed E-state index contributed by atoms with van der Waals surface area (Å²) < 4.78 is 16.6. The predicted octanol–water partition coefficient (Wildman–Crippen LogP) is 5.37. The van der Waals surface area contributed by atoms with Crippen LogP contribution in [0.5, 0.6) is 17.2 Å². The molecule has 0 aliphatic carbocycles. The Kier molecular flexibility index (Phi) is 7.90. The highest BCUT2D eigenvalue weighted by molar-refractivity contribution is 6.32. The number of benzene rings is 2. The SMILES string of the molecule is CCOc1cc(C=CC(=O)Nc2cccc(OCc3cccnc3)c2)cc(Cl)c1OC. The average molecular weight is 439 g/mol. The number of pyridine rings is 1. The third-order valence-corrected chi connectivity index (χ3v) is 4.47. The Hall–Kier alpha value is -3.51. The molecule has 31 heavy (non-hydrogen) atoms. The highest BCUT2D eigenvalue weighted by Crippen LogP contribution is 2.36. The molecule has 0 aliphatic rings. The summed E-state index contributed by atoms with van der Waals surface area (Å²) in [5.74, 6) is 1.35. The minimum atomic E-state index is -0.283. The summed E-state index contributed by atoms with van der Waals surface area (Å²) in [6.45, 7) is 2.74. The summed E-state index contributed by atoms with van der Waals surface area (Å²) in [6.07, 6.45) is 6.55. The third kappa shape index (κ3) is 6.49. The van der Waals surface area contributed by atoms with E-state index >= 15 is 0 Å². The standard InChI is InChI=1S/C24H23ClN2O4/c1-3-30-22-13-17(12-21(25)24(22)29-2)9-10-23(28)27-19-7-4-8-20(14-19)31-16-18-6-5-11-26-15-18/h4-15H,3,16H2,1-2H3,(H,27,28). The van der Waals surface area contributed by atoms with Crippen LogP contribution < -0.4 is 19.5 Å². The number of amides is 1. The third-order valence-electron chi connectivity index (χ3n) is 4.19. The van der Waals surface area contributed by atoms with Gasteiger partial charge >= 0.3 is 0 Å². The fourth-order valence-corrected chi connectivity index (χ4v) is 3.11. The summed E-state index contributed by atoms with van der Waals surface area (Å²) in [5, 5.41) is 3.23. The Labute approximate surface area is 186 Å². The molecule has 0 radical (unpaired) electrons. The fraction of sp³-hybridized carbons (Fsp3) is 0.167. The average Bonchev–Trinajstić information content (AvgIpc) is 2.77. The lowest BCUT2D eigenvalue weighted by atomic mass is 10.2. The van der Waals surface area contributed by atoms with Gasteiger partial charge in [-0.25, -0.2) is 0 Å². The van der Waals surface area contributed by atoms with Gasteiger partial charge in [-0.3, -0.25) is 9.78 Å². The normalized spacial score (nSPS) is 10.7. The first-order chi connectivity index (χ1) is 15.1. The van der Waals surface area contributed by atoms with Gasteiger partial charge in [-0.1, -0.05) is 23.7 Å². The molecule has 2 aromatic carbocycles. The Balaban J connectivity index is 1.63. The molecule has 0 saturated carbocycles. The molecule has 0 saturated heterocycles. The number of hydrogen-bond donors (Lipinski definition) is 1. The molecule has 0 spiro atoms. The van der Waals surface area contributed by atoms with Crippen molar-refractivity contribution < 1.29 is 19.0 Å². The van der Waals surface area contributed by atoms with Crippen LogP contribution in [0, 0.1) is 0 Å². The summed E-state index contributed by atoms with van der Waals surface area (Å²) in [5.41, 5.74) is 2.31. The number of rotatable bonds is 9. The van der Waals surface area contributed by atoms with Gasteiger partial charge in [-0.2, -0.15) is 0 Å². The Morgan fingerprint density at radius 2 is 2.03 bits per heavy atom. The van der Waals surface area contributed by atoms with Crippen molar-refractivity contribution in [1.82, 2.24) is 4.98 Å². The quantitative estimate of drug-likeness (QED) is 0.454. The van der Waals surface area contributed by atoms with Gasteiger partial charge in [0, 0.05) is 35.8 Å². The molecule has 3 aromatic rings. The number of aromatic nitrogens is 1. The number of ether oxygens (including phenoxy) is 3. The first kappa shape index (κ1) is 22.2. The zero-order valence-corrected chi connectivity index (χ0v) is 18.1. The molecule has 0 unspecified atom stereocenters. The van der Waals surface area contributed by atoms with Crippen molar-refractivity contribution in [1.29, 1.82) is 0 Å². The summed E-state index contributed by atoms with van der Waals surface area (Å²) in [6, 6.07) is 14.5. The van der Waals surface area contributed by atoms with Crippen molar-refractivity contribution in [2.45, 2.75) is 13.5 Å². The van der Waals surface area contributed by atoms with Gasteiger partial charge < -0.3 is 19.5 Å². The largest absolute Gasteiger partial charge is 0.491 e. The minimum absolute atomic E-state index is 0.283. The zero-order chi connectivity index (χ0) is 22.1. The Morgan fingerprint density at radius 3 is 2.77 bits per heavy atom. The van der Waals surface area contributed by atoms with Crippen molar-refractivity contribution in [2.24, 2.45) is 0 Å². The highest BCUT2D eigenvalue weighted by atomic mass is 35.5. The molecule has 1 amide bonds. The molecule has 6 nitrogen and oxygen atoms in total. The van der Waals surface area contributed by atoms with Crippen LogP contribution in [0.4, 0.5) is 5.69 Å². The van der Waals surface area contributed by atoms with E-state index in [0.29, 0.717) is 41.2 Å². The molecule has 0 fully saturated rings. The van der Waals surface area contributed by atoms with E-state index in [0.717, 1.165) is 11.1 Å². The maximum absolute atomic E-state index is 12.4. The second kappa shape index (κ2) is 11.0. The lowest BCUT2D eigenvalue weighted by Gasteiger charge is -2.11. The smallest absolute Gasteiger partial charge is 0.248 e. The van der Waals surface area contributed by atoms with Gasteiger partial charge in [0.15, 0.2) is 11.5 Å². The molecule has 1 aromatic heterocycles. The molecule has 3 rings (SSSR count). The maximum Gasteiger partial charge on any atom is 0.248 e. The number of nitrogens with one attached hydrogen (secondary N) is 1. The van der Waals surface area contributed by atoms with E-state index in [1.54, 1.807) is 42.7 Å². The minimum Gasteiger partial charge on any atom is -0.491 e. The number of carbonyl (C=O) groups excluding carboxylic acids is 1. The summed E-state index contributed by atoms with van der Waals surface area (Å²) in [4.78, 5) is 16.4. The molecule has 0 bridgehead atoms. The van der Waals surface area contributed by atoms with Crippen LogP contribution in [0.1, 0.15) is 18.1 Å². The van der Waals surface area contributed by atoms with Gasteiger partial charge in [0.05, 0.1) is 18.7 Å². The fourth-order valence-electron chi connectivity index (χ4n) is 2.81. The van der Waals surface area contributed by atoms with Gasteiger partial charge in [-0.15, -0.1) is 0 Å². The number of nitrogens with zero attached hydrogens (tertiary/aromatic N) is 1. The molecular formula is C24H23ClN2O4. The second-order valence-electron chi connectivity index (χ2n) is 6.47. The van der Waals surface area contributed by atoms with E-state index in [4.69, 9.17) is 25.8 Å². The van der Waals surface area contributed by atoms with E-state index in [9.17, 15) is 4.79 Å². The van der Waals surface area contributed by atoms with E-state index in [-0.39, 0.29) is 5.91 Å². The summed E-state index contributed by atoms with van der Waals surface area (Å²) >= 11 is 6.25. The second-order valence-corrected chi connectivity index (χ2v) is 6.87. The van der Waals surface area contributed by atoms with Crippen LogP contribution in [-0.4, -0.2) is 24.6 Å². The molecule has 1 heterocycles. The number of halogens is 1. The molecule has 1 N–H and O–H groups in total. The lowest BCUT2D eigenvalue weighted by Crippen LogP contribution is -2.07. The molecule has 7 heteroatoms. The van der Waals surface area contributed by atoms with E-state index < -0.39 is 0 Å². The summed E-state index contributed by atoms with van der Waals surface area (Å²) in [7, 11) is 1.53. The first-order valence-corrected chi connectivity index (χ1v) is 10.1. The van der Waals surface area contributed by atoms with Gasteiger partial charge in [-0.05, 0) is 48.9 Å². The van der Waals surface area contributed by atoms with Crippen LogP contribution in [-0.2, 0) is 11.4 Å².